The van der Waals surface area contributed by atoms with Crippen molar-refractivity contribution in [2.45, 2.75) is 45.6 Å². The van der Waals surface area contributed by atoms with Crippen LogP contribution in [0.3, 0.4) is 0 Å². The lowest BCUT2D eigenvalue weighted by atomic mass is 10.0. The van der Waals surface area contributed by atoms with E-state index in [4.69, 9.17) is 16.6 Å². The molecule has 3 rings (SSSR count). The smallest absolute Gasteiger partial charge is 0.227 e. The van der Waals surface area contributed by atoms with Gasteiger partial charge in [0.1, 0.15) is 5.82 Å². The number of anilines is 3. The molecule has 122 valence electrons. The van der Waals surface area contributed by atoms with E-state index in [9.17, 15) is 0 Å². The van der Waals surface area contributed by atoms with Crippen LogP contribution in [0.4, 0.5) is 17.5 Å². The first-order valence-electron chi connectivity index (χ1n) is 8.30. The molecule has 1 aliphatic heterocycles. The minimum Gasteiger partial charge on any atom is -0.340 e. The number of nitrogens with zero attached hydrogens (tertiary/aromatic N) is 3. The molecule has 0 amide bonds. The van der Waals surface area contributed by atoms with Crippen LogP contribution in [0.2, 0.25) is 5.02 Å². The molecule has 0 spiro atoms. The highest BCUT2D eigenvalue weighted by molar-refractivity contribution is 6.30. The first-order valence-corrected chi connectivity index (χ1v) is 8.68. The molecule has 1 unspecified atom stereocenters. The van der Waals surface area contributed by atoms with Crippen molar-refractivity contribution in [1.82, 2.24) is 9.97 Å². The molecule has 1 fully saturated rings. The molecule has 1 atom stereocenters. The van der Waals surface area contributed by atoms with Crippen molar-refractivity contribution >= 4 is 29.1 Å². The zero-order valence-corrected chi connectivity index (χ0v) is 14.5. The predicted octanol–water partition coefficient (Wildman–Crippen LogP) is 4.95. The highest BCUT2D eigenvalue weighted by Crippen LogP contribution is 2.26. The molecule has 1 N–H and O–H groups in total. The maximum absolute atomic E-state index is 5.94. The quantitative estimate of drug-likeness (QED) is 0.861. The zero-order valence-electron chi connectivity index (χ0n) is 13.7. The average molecular weight is 331 g/mol. The number of nitrogens with one attached hydrogen (secondary N) is 1. The Hall–Kier alpha value is -1.81. The van der Waals surface area contributed by atoms with Crippen molar-refractivity contribution in [3.8, 4) is 0 Å². The normalized spacial score (nSPS) is 18.0. The number of hydrogen-bond donors (Lipinski definition) is 1. The molecule has 2 aromatic rings. The van der Waals surface area contributed by atoms with Crippen molar-refractivity contribution in [3.63, 3.8) is 0 Å². The van der Waals surface area contributed by atoms with E-state index in [1.807, 2.05) is 37.3 Å². The van der Waals surface area contributed by atoms with Gasteiger partial charge in [-0.3, -0.25) is 0 Å². The van der Waals surface area contributed by atoms with Gasteiger partial charge >= 0.3 is 0 Å². The number of aromatic nitrogens is 2. The minimum absolute atomic E-state index is 0.550. The maximum Gasteiger partial charge on any atom is 0.227 e. The van der Waals surface area contributed by atoms with Crippen LogP contribution in [0.25, 0.3) is 0 Å². The summed E-state index contributed by atoms with van der Waals surface area (Å²) in [6.07, 6.45) is 4.88. The highest BCUT2D eigenvalue weighted by Gasteiger charge is 2.23. The third-order valence-electron chi connectivity index (χ3n) is 4.31. The third kappa shape index (κ3) is 3.94. The van der Waals surface area contributed by atoms with E-state index in [1.54, 1.807) is 0 Å². The van der Waals surface area contributed by atoms with E-state index >= 15 is 0 Å². The van der Waals surface area contributed by atoms with Crippen LogP contribution in [-0.4, -0.2) is 22.6 Å². The van der Waals surface area contributed by atoms with E-state index in [-0.39, 0.29) is 0 Å². The molecule has 5 heteroatoms. The Labute approximate surface area is 142 Å². The molecule has 0 radical (unpaired) electrons. The predicted molar refractivity (Wildman–Crippen MR) is 96.8 cm³/mol. The Bertz CT molecular complexity index is 657. The van der Waals surface area contributed by atoms with Crippen LogP contribution in [0, 0.1) is 6.92 Å². The summed E-state index contributed by atoms with van der Waals surface area (Å²) in [5.41, 5.74) is 1.95. The number of piperidine rings is 1. The van der Waals surface area contributed by atoms with Gasteiger partial charge in [0, 0.05) is 35.1 Å². The van der Waals surface area contributed by atoms with Gasteiger partial charge in [0.15, 0.2) is 0 Å². The topological polar surface area (TPSA) is 41.1 Å². The summed E-state index contributed by atoms with van der Waals surface area (Å²) in [6, 6.07) is 10.2. The molecule has 1 saturated heterocycles. The molecule has 1 aromatic heterocycles. The summed E-state index contributed by atoms with van der Waals surface area (Å²) in [4.78, 5) is 11.8. The molecule has 2 heterocycles. The largest absolute Gasteiger partial charge is 0.340 e. The van der Waals surface area contributed by atoms with E-state index in [1.165, 1.54) is 19.3 Å². The second-order valence-electron chi connectivity index (χ2n) is 6.08. The Morgan fingerprint density at radius 2 is 2.00 bits per heavy atom. The monoisotopic (exact) mass is 330 g/mol. The van der Waals surface area contributed by atoms with Crippen LogP contribution in [0.5, 0.6) is 0 Å². The molecular weight excluding hydrogens is 308 g/mol. The minimum atomic E-state index is 0.550. The first-order chi connectivity index (χ1) is 11.2. The number of halogens is 1. The lowest BCUT2D eigenvalue weighted by Crippen LogP contribution is -2.40. The van der Waals surface area contributed by atoms with Gasteiger partial charge in [-0.25, -0.2) is 4.98 Å². The average Bonchev–Trinajstić information content (AvgIpc) is 2.56. The molecule has 0 bridgehead atoms. The Morgan fingerprint density at radius 1 is 1.22 bits per heavy atom. The summed E-state index contributed by atoms with van der Waals surface area (Å²) in [6.45, 7) is 5.30. The van der Waals surface area contributed by atoms with Gasteiger partial charge in [-0.15, -0.1) is 0 Å². The first kappa shape index (κ1) is 16.1. The van der Waals surface area contributed by atoms with Crippen molar-refractivity contribution < 1.29 is 0 Å². The van der Waals surface area contributed by atoms with E-state index in [0.29, 0.717) is 6.04 Å². The standard InChI is InChI=1S/C18H23ClN4/c1-3-16-6-4-5-11-23(16)18-20-13(2)12-17(22-18)21-15-9-7-14(19)8-10-15/h7-10,12,16H,3-6,11H2,1-2H3,(H,20,21,22). The highest BCUT2D eigenvalue weighted by atomic mass is 35.5. The molecule has 1 aliphatic rings. The van der Waals surface area contributed by atoms with Gasteiger partial charge < -0.3 is 10.2 Å². The van der Waals surface area contributed by atoms with Crippen molar-refractivity contribution in [3.05, 3.63) is 41.0 Å². The van der Waals surface area contributed by atoms with Crippen LogP contribution in [-0.2, 0) is 0 Å². The Kier molecular flexibility index (Phi) is 5.01. The number of aryl methyl sites for hydroxylation is 1. The van der Waals surface area contributed by atoms with Crippen LogP contribution in [0.15, 0.2) is 30.3 Å². The summed E-state index contributed by atoms with van der Waals surface area (Å²) in [5.74, 6) is 1.67. The second kappa shape index (κ2) is 7.18. The van der Waals surface area contributed by atoms with Crippen molar-refractivity contribution in [2.24, 2.45) is 0 Å². The fourth-order valence-electron chi connectivity index (χ4n) is 3.11. The van der Waals surface area contributed by atoms with Gasteiger partial charge in [-0.2, -0.15) is 4.98 Å². The fraction of sp³-hybridized carbons (Fsp3) is 0.444. The van der Waals surface area contributed by atoms with Gasteiger partial charge in [0.25, 0.3) is 0 Å². The van der Waals surface area contributed by atoms with Gasteiger partial charge in [-0.1, -0.05) is 18.5 Å². The lowest BCUT2D eigenvalue weighted by molar-refractivity contribution is 0.443. The van der Waals surface area contributed by atoms with Crippen molar-refractivity contribution in [1.29, 1.82) is 0 Å². The van der Waals surface area contributed by atoms with Crippen molar-refractivity contribution in [2.75, 3.05) is 16.8 Å². The molecule has 1 aromatic carbocycles. The summed E-state index contributed by atoms with van der Waals surface area (Å²) in [5, 5.41) is 4.08. The van der Waals surface area contributed by atoms with E-state index < -0.39 is 0 Å². The number of rotatable bonds is 4. The van der Waals surface area contributed by atoms with Crippen LogP contribution >= 0.6 is 11.6 Å². The van der Waals surface area contributed by atoms with E-state index in [2.05, 4.69) is 22.1 Å². The lowest BCUT2D eigenvalue weighted by Gasteiger charge is -2.35. The SMILES string of the molecule is CCC1CCCCN1c1nc(C)cc(Nc2ccc(Cl)cc2)n1. The molecular formula is C18H23ClN4. The number of benzene rings is 1. The maximum atomic E-state index is 5.94. The Morgan fingerprint density at radius 3 is 2.74 bits per heavy atom. The third-order valence-corrected chi connectivity index (χ3v) is 4.57. The molecule has 23 heavy (non-hydrogen) atoms. The van der Waals surface area contributed by atoms with Gasteiger partial charge in [0.2, 0.25) is 5.95 Å². The van der Waals surface area contributed by atoms with Gasteiger partial charge in [0.05, 0.1) is 0 Å². The molecule has 0 aliphatic carbocycles. The van der Waals surface area contributed by atoms with Crippen LogP contribution in [0.1, 0.15) is 38.3 Å². The molecule has 4 nitrogen and oxygen atoms in total. The molecule has 0 saturated carbocycles. The van der Waals surface area contributed by atoms with Crippen LogP contribution < -0.4 is 10.2 Å². The summed E-state index contributed by atoms with van der Waals surface area (Å²) >= 11 is 5.94. The fourth-order valence-corrected chi connectivity index (χ4v) is 3.24. The summed E-state index contributed by atoms with van der Waals surface area (Å²) < 4.78 is 0. The second-order valence-corrected chi connectivity index (χ2v) is 6.51. The zero-order chi connectivity index (χ0) is 16.2. The van der Waals surface area contributed by atoms with E-state index in [0.717, 1.165) is 41.1 Å². The Balaban J connectivity index is 1.85. The summed E-state index contributed by atoms with van der Waals surface area (Å²) in [7, 11) is 0. The number of hydrogen-bond acceptors (Lipinski definition) is 4. The van der Waals surface area contributed by atoms with Gasteiger partial charge in [-0.05, 0) is 56.9 Å².